The van der Waals surface area contributed by atoms with Gasteiger partial charge >= 0.3 is 0 Å². The lowest BCUT2D eigenvalue weighted by atomic mass is 9.94. The molecule has 122 valence electrons. The highest BCUT2D eigenvalue weighted by atomic mass is 16.4. The largest absolute Gasteiger partial charge is 0.411 e. The molecule has 24 heavy (non-hydrogen) atoms. The first-order valence-electron chi connectivity index (χ1n) is 8.24. The average molecular weight is 318 g/mol. The predicted molar refractivity (Wildman–Crippen MR) is 100 cm³/mol. The van der Waals surface area contributed by atoms with Crippen LogP contribution in [0.4, 0.5) is 0 Å². The number of pyridine rings is 1. The number of hydrogen-bond donors (Lipinski definition) is 1. The van der Waals surface area contributed by atoms with Gasteiger partial charge < -0.3 is 5.21 Å². The summed E-state index contributed by atoms with van der Waals surface area (Å²) in [6.45, 7) is 8.20. The van der Waals surface area contributed by atoms with Crippen molar-refractivity contribution in [3.63, 3.8) is 0 Å². The Kier molecular flexibility index (Phi) is 4.34. The van der Waals surface area contributed by atoms with Gasteiger partial charge in [0.1, 0.15) is 0 Å². The minimum absolute atomic E-state index is 0.669. The van der Waals surface area contributed by atoms with Crippen LogP contribution in [0.25, 0.3) is 22.0 Å². The molecule has 0 saturated carbocycles. The fourth-order valence-electron chi connectivity index (χ4n) is 3.26. The number of fused-ring (bicyclic) bond motifs is 1. The zero-order valence-corrected chi connectivity index (χ0v) is 14.6. The summed E-state index contributed by atoms with van der Waals surface area (Å²) < 4.78 is 0. The van der Waals surface area contributed by atoms with Crippen LogP contribution in [0.2, 0.25) is 0 Å². The lowest BCUT2D eigenvalue weighted by molar-refractivity contribution is 0.318. The van der Waals surface area contributed by atoms with Gasteiger partial charge in [0.05, 0.1) is 11.2 Å². The van der Waals surface area contributed by atoms with E-state index in [1.807, 2.05) is 32.0 Å². The van der Waals surface area contributed by atoms with Crippen molar-refractivity contribution in [2.75, 3.05) is 0 Å². The van der Waals surface area contributed by atoms with Crippen LogP contribution in [0, 0.1) is 20.8 Å². The third kappa shape index (κ3) is 2.78. The highest BCUT2D eigenvalue weighted by molar-refractivity contribution is 6.12. The summed E-state index contributed by atoms with van der Waals surface area (Å²) in [4.78, 5) is 4.79. The van der Waals surface area contributed by atoms with Crippen molar-refractivity contribution >= 4 is 16.6 Å². The zero-order chi connectivity index (χ0) is 17.3. The van der Waals surface area contributed by atoms with Crippen molar-refractivity contribution in [3.8, 4) is 11.1 Å². The van der Waals surface area contributed by atoms with Gasteiger partial charge in [-0.1, -0.05) is 54.0 Å². The first-order chi connectivity index (χ1) is 11.5. The maximum atomic E-state index is 9.36. The molecular formula is C21H22N2O. The Bertz CT molecular complexity index is 942. The number of para-hydroxylation sites is 1. The number of aryl methyl sites for hydroxylation is 3. The Morgan fingerprint density at radius 2 is 1.83 bits per heavy atom. The first kappa shape index (κ1) is 16.2. The summed E-state index contributed by atoms with van der Waals surface area (Å²) in [7, 11) is 0. The minimum atomic E-state index is 0.669. The van der Waals surface area contributed by atoms with Crippen molar-refractivity contribution < 1.29 is 5.21 Å². The van der Waals surface area contributed by atoms with E-state index in [2.05, 4.69) is 43.3 Å². The molecule has 3 heteroatoms. The lowest BCUT2D eigenvalue weighted by Crippen LogP contribution is -2.03. The predicted octanol–water partition coefficient (Wildman–Crippen LogP) is 5.42. The molecule has 0 unspecified atom stereocenters. The molecule has 0 spiro atoms. The van der Waals surface area contributed by atoms with Crippen LogP contribution in [0.3, 0.4) is 0 Å². The van der Waals surface area contributed by atoms with Gasteiger partial charge in [0.2, 0.25) is 0 Å². The molecule has 1 aromatic heterocycles. The van der Waals surface area contributed by atoms with E-state index in [1.165, 1.54) is 16.7 Å². The number of rotatable bonds is 3. The van der Waals surface area contributed by atoms with Crippen LogP contribution in [-0.4, -0.2) is 15.9 Å². The Balaban J connectivity index is 2.36. The second-order valence-corrected chi connectivity index (χ2v) is 6.23. The second-order valence-electron chi connectivity index (χ2n) is 6.23. The molecule has 1 heterocycles. The minimum Gasteiger partial charge on any atom is -0.411 e. The smallest absolute Gasteiger partial charge is 0.0872 e. The van der Waals surface area contributed by atoms with E-state index in [4.69, 9.17) is 4.98 Å². The highest BCUT2D eigenvalue weighted by Gasteiger charge is 2.14. The normalized spacial score (nSPS) is 11.9. The van der Waals surface area contributed by atoms with Crippen LogP contribution < -0.4 is 0 Å². The van der Waals surface area contributed by atoms with Crippen molar-refractivity contribution in [2.45, 2.75) is 34.1 Å². The Hall–Kier alpha value is -2.68. The summed E-state index contributed by atoms with van der Waals surface area (Å²) in [6, 6.07) is 14.7. The summed E-state index contributed by atoms with van der Waals surface area (Å²) in [5, 5.41) is 13.9. The molecule has 0 bridgehead atoms. The van der Waals surface area contributed by atoms with Crippen molar-refractivity contribution in [1.82, 2.24) is 4.98 Å². The Morgan fingerprint density at radius 3 is 2.50 bits per heavy atom. The average Bonchev–Trinajstić information content (AvgIpc) is 2.56. The van der Waals surface area contributed by atoms with Gasteiger partial charge in [-0.25, -0.2) is 0 Å². The molecule has 0 aliphatic rings. The van der Waals surface area contributed by atoms with Gasteiger partial charge in [-0.2, -0.15) is 0 Å². The monoisotopic (exact) mass is 318 g/mol. The number of nitrogens with zero attached hydrogens (tertiary/aromatic N) is 2. The van der Waals surface area contributed by atoms with Crippen molar-refractivity contribution in [1.29, 1.82) is 0 Å². The molecule has 0 saturated heterocycles. The van der Waals surface area contributed by atoms with E-state index in [9.17, 15) is 5.21 Å². The maximum absolute atomic E-state index is 9.36. The quantitative estimate of drug-likeness (QED) is 0.398. The summed E-state index contributed by atoms with van der Waals surface area (Å²) in [6.07, 6.45) is 0.669. The zero-order valence-electron chi connectivity index (χ0n) is 14.6. The van der Waals surface area contributed by atoms with Crippen LogP contribution in [0.1, 0.15) is 35.7 Å². The molecule has 0 atom stereocenters. The van der Waals surface area contributed by atoms with Gasteiger partial charge in [0, 0.05) is 22.2 Å². The number of benzene rings is 2. The van der Waals surface area contributed by atoms with E-state index in [0.717, 1.165) is 27.7 Å². The van der Waals surface area contributed by atoms with E-state index < -0.39 is 0 Å². The van der Waals surface area contributed by atoms with E-state index in [-0.39, 0.29) is 0 Å². The first-order valence-corrected chi connectivity index (χ1v) is 8.24. The van der Waals surface area contributed by atoms with E-state index >= 15 is 0 Å². The van der Waals surface area contributed by atoms with E-state index in [0.29, 0.717) is 12.1 Å². The molecule has 0 aliphatic heterocycles. The van der Waals surface area contributed by atoms with Gasteiger partial charge in [-0.15, -0.1) is 0 Å². The third-order valence-electron chi connectivity index (χ3n) is 4.41. The van der Waals surface area contributed by atoms with Gasteiger partial charge in [0.25, 0.3) is 0 Å². The molecule has 0 aliphatic carbocycles. The van der Waals surface area contributed by atoms with E-state index in [1.54, 1.807) is 0 Å². The topological polar surface area (TPSA) is 45.5 Å². The molecule has 3 nitrogen and oxygen atoms in total. The van der Waals surface area contributed by atoms with Crippen molar-refractivity contribution in [2.24, 2.45) is 5.16 Å². The SMILES string of the molecule is CC/C(=N/O)c1cc(C)nc2c(-c3ccc(C)cc3C)cccc12. The second kappa shape index (κ2) is 6.44. The third-order valence-corrected chi connectivity index (χ3v) is 4.41. The summed E-state index contributed by atoms with van der Waals surface area (Å²) in [5.74, 6) is 0. The molecular weight excluding hydrogens is 296 g/mol. The Morgan fingerprint density at radius 1 is 1.04 bits per heavy atom. The summed E-state index contributed by atoms with van der Waals surface area (Å²) >= 11 is 0. The lowest BCUT2D eigenvalue weighted by Gasteiger charge is -2.13. The highest BCUT2D eigenvalue weighted by Crippen LogP contribution is 2.32. The summed E-state index contributed by atoms with van der Waals surface area (Å²) in [5.41, 5.74) is 8.30. The van der Waals surface area contributed by atoms with Gasteiger partial charge in [-0.3, -0.25) is 4.98 Å². The molecule has 0 amide bonds. The standard InChI is InChI=1S/C21H22N2O/c1-5-20(23-24)19-12-15(4)22-21-17(7-6-8-18(19)21)16-10-9-13(2)11-14(16)3/h6-12,24H,5H2,1-4H3/b23-20-. The molecule has 0 fully saturated rings. The molecule has 3 aromatic rings. The molecule has 1 N–H and O–H groups in total. The number of aromatic nitrogens is 1. The van der Waals surface area contributed by atoms with Crippen LogP contribution in [-0.2, 0) is 0 Å². The van der Waals surface area contributed by atoms with Crippen molar-refractivity contribution in [3.05, 3.63) is 64.8 Å². The fraction of sp³-hybridized carbons (Fsp3) is 0.238. The van der Waals surface area contributed by atoms with Gasteiger partial charge in [0.15, 0.2) is 0 Å². The van der Waals surface area contributed by atoms with Crippen LogP contribution in [0.5, 0.6) is 0 Å². The molecule has 3 rings (SSSR count). The number of oxime groups is 1. The maximum Gasteiger partial charge on any atom is 0.0872 e. The van der Waals surface area contributed by atoms with Crippen LogP contribution in [0.15, 0.2) is 47.6 Å². The Labute approximate surface area is 142 Å². The number of hydrogen-bond acceptors (Lipinski definition) is 3. The van der Waals surface area contributed by atoms with Crippen LogP contribution >= 0.6 is 0 Å². The molecule has 0 radical (unpaired) electrons. The molecule has 2 aromatic carbocycles. The van der Waals surface area contributed by atoms with Gasteiger partial charge in [-0.05, 0) is 44.4 Å². The fourth-order valence-corrected chi connectivity index (χ4v) is 3.26.